The maximum Gasteiger partial charge on any atom is 0.255 e. The lowest BCUT2D eigenvalue weighted by molar-refractivity contribution is 0.0950. The molecule has 1 fully saturated rings. The Morgan fingerprint density at radius 1 is 1.14 bits per heavy atom. The highest BCUT2D eigenvalue weighted by Gasteiger charge is 2.27. The van der Waals surface area contributed by atoms with E-state index in [1.807, 2.05) is 32.9 Å². The molecule has 3 rings (SSSR count). The lowest BCUT2D eigenvalue weighted by Gasteiger charge is -2.36. The topological polar surface area (TPSA) is 66.4 Å². The molecule has 0 radical (unpaired) electrons. The molecule has 0 aliphatic heterocycles. The van der Waals surface area contributed by atoms with E-state index in [0.29, 0.717) is 34.7 Å². The number of rotatable bonds is 9. The third kappa shape index (κ3) is 6.51. The molecular formula is C29H43ClN4O2. The van der Waals surface area contributed by atoms with Crippen LogP contribution in [0.15, 0.2) is 23.0 Å². The monoisotopic (exact) mass is 514 g/mol. The van der Waals surface area contributed by atoms with Crippen LogP contribution in [0, 0.1) is 26.7 Å². The first-order valence-corrected chi connectivity index (χ1v) is 13.6. The summed E-state index contributed by atoms with van der Waals surface area (Å²) in [6.45, 7) is 11.0. The number of anilines is 1. The fraction of sp³-hybridized carbons (Fsp3) is 0.586. The second-order valence-corrected chi connectivity index (χ2v) is 11.1. The van der Waals surface area contributed by atoms with Gasteiger partial charge in [0.1, 0.15) is 0 Å². The van der Waals surface area contributed by atoms with Crippen LogP contribution in [0.5, 0.6) is 0 Å². The van der Waals surface area contributed by atoms with Crippen LogP contribution in [0.2, 0.25) is 5.02 Å². The number of amides is 1. The molecule has 0 spiro atoms. The largest absolute Gasteiger partial charge is 0.382 e. The van der Waals surface area contributed by atoms with Crippen molar-refractivity contribution in [2.75, 3.05) is 19.4 Å². The minimum absolute atomic E-state index is 0.0300. The summed E-state index contributed by atoms with van der Waals surface area (Å²) in [5.41, 5.74) is 4.74. The molecule has 1 saturated carbocycles. The second-order valence-electron chi connectivity index (χ2n) is 10.7. The van der Waals surface area contributed by atoms with Gasteiger partial charge in [-0.1, -0.05) is 18.5 Å². The average Bonchev–Trinajstić information content (AvgIpc) is 2.83. The summed E-state index contributed by atoms with van der Waals surface area (Å²) in [5, 5.41) is 7.14. The standard InChI is InChI=1S/C29H43ClN4O2/c1-8-13-34-19(3)14-18(2)26(29(34)36)17-31-28(35)25-15-23(30)16-27(20(25)4)32-21(5)22-9-11-24(12-10-22)33(6)7/h14-16,21-22,24,32H,8-13,17H2,1-7H3,(H,31,35)/t21?,22-,24-. The van der Waals surface area contributed by atoms with Gasteiger partial charge in [-0.25, -0.2) is 0 Å². The summed E-state index contributed by atoms with van der Waals surface area (Å²) in [6, 6.07) is 6.58. The van der Waals surface area contributed by atoms with Crippen LogP contribution in [0.4, 0.5) is 5.69 Å². The molecular weight excluding hydrogens is 472 g/mol. The number of hydrogen-bond acceptors (Lipinski definition) is 4. The molecule has 1 amide bonds. The molecule has 2 N–H and O–H groups in total. The normalized spacial score (nSPS) is 18.8. The van der Waals surface area contributed by atoms with Gasteiger partial charge in [0.2, 0.25) is 0 Å². The molecule has 1 unspecified atom stereocenters. The predicted molar refractivity (Wildman–Crippen MR) is 150 cm³/mol. The third-order valence-corrected chi connectivity index (χ3v) is 8.10. The molecule has 1 aromatic heterocycles. The first-order valence-electron chi connectivity index (χ1n) is 13.2. The van der Waals surface area contributed by atoms with Gasteiger partial charge in [0.15, 0.2) is 0 Å². The van der Waals surface area contributed by atoms with Gasteiger partial charge in [0.05, 0.1) is 0 Å². The molecule has 1 aliphatic rings. The third-order valence-electron chi connectivity index (χ3n) is 7.88. The Balaban J connectivity index is 1.73. The molecule has 1 aromatic carbocycles. The molecule has 1 atom stereocenters. The van der Waals surface area contributed by atoms with E-state index in [0.717, 1.165) is 28.9 Å². The number of aryl methyl sites for hydroxylation is 2. The number of aromatic nitrogens is 1. The maximum absolute atomic E-state index is 13.2. The molecule has 0 saturated heterocycles. The van der Waals surface area contributed by atoms with E-state index in [2.05, 4.69) is 43.5 Å². The number of benzene rings is 1. The fourth-order valence-corrected chi connectivity index (χ4v) is 5.71. The Morgan fingerprint density at radius 3 is 2.42 bits per heavy atom. The van der Waals surface area contributed by atoms with Crippen LogP contribution in [-0.4, -0.2) is 41.6 Å². The quantitative estimate of drug-likeness (QED) is 0.451. The number of carbonyl (C=O) groups excluding carboxylic acids is 1. The van der Waals surface area contributed by atoms with Crippen molar-refractivity contribution in [2.24, 2.45) is 5.92 Å². The summed E-state index contributed by atoms with van der Waals surface area (Å²) in [4.78, 5) is 28.6. The molecule has 6 nitrogen and oxygen atoms in total. The predicted octanol–water partition coefficient (Wildman–Crippen LogP) is 5.69. The van der Waals surface area contributed by atoms with Gasteiger partial charge in [-0.15, -0.1) is 0 Å². The molecule has 1 aliphatic carbocycles. The minimum Gasteiger partial charge on any atom is -0.382 e. The summed E-state index contributed by atoms with van der Waals surface area (Å²) in [6.07, 6.45) is 5.68. The van der Waals surface area contributed by atoms with Crippen molar-refractivity contribution in [1.29, 1.82) is 0 Å². The van der Waals surface area contributed by atoms with Crippen molar-refractivity contribution in [1.82, 2.24) is 14.8 Å². The van der Waals surface area contributed by atoms with Crippen LogP contribution < -0.4 is 16.2 Å². The molecule has 7 heteroatoms. The smallest absolute Gasteiger partial charge is 0.255 e. The van der Waals surface area contributed by atoms with Crippen LogP contribution in [0.25, 0.3) is 0 Å². The number of nitrogens with zero attached hydrogens (tertiary/aromatic N) is 2. The highest BCUT2D eigenvalue weighted by molar-refractivity contribution is 6.31. The minimum atomic E-state index is -0.224. The van der Waals surface area contributed by atoms with Gasteiger partial charge >= 0.3 is 0 Å². The van der Waals surface area contributed by atoms with Gasteiger partial charge in [-0.3, -0.25) is 9.59 Å². The maximum atomic E-state index is 13.2. The van der Waals surface area contributed by atoms with Crippen LogP contribution in [-0.2, 0) is 13.1 Å². The Labute approximate surface area is 221 Å². The van der Waals surface area contributed by atoms with Gasteiger partial charge in [-0.2, -0.15) is 0 Å². The summed E-state index contributed by atoms with van der Waals surface area (Å²) in [5.74, 6) is 0.366. The number of nitrogens with one attached hydrogen (secondary N) is 2. The second kappa shape index (κ2) is 12.3. The first kappa shape index (κ1) is 28.3. The molecule has 1 heterocycles. The fourth-order valence-electron chi connectivity index (χ4n) is 5.50. The molecule has 36 heavy (non-hydrogen) atoms. The zero-order valence-corrected chi connectivity index (χ0v) is 23.8. The zero-order chi connectivity index (χ0) is 26.6. The Bertz CT molecular complexity index is 1130. The van der Waals surface area contributed by atoms with Crippen LogP contribution in [0.1, 0.15) is 78.7 Å². The lowest BCUT2D eigenvalue weighted by Crippen LogP contribution is -2.36. The van der Waals surface area contributed by atoms with E-state index >= 15 is 0 Å². The number of carbonyl (C=O) groups is 1. The van der Waals surface area contributed by atoms with Crippen molar-refractivity contribution in [3.05, 3.63) is 61.5 Å². The van der Waals surface area contributed by atoms with Crippen LogP contribution in [0.3, 0.4) is 0 Å². The van der Waals surface area contributed by atoms with E-state index in [1.165, 1.54) is 25.7 Å². The average molecular weight is 515 g/mol. The van der Waals surface area contributed by atoms with Gasteiger partial charge in [0.25, 0.3) is 11.5 Å². The van der Waals surface area contributed by atoms with Crippen molar-refractivity contribution in [2.45, 2.75) is 91.9 Å². The van der Waals surface area contributed by atoms with Crippen molar-refractivity contribution < 1.29 is 4.79 Å². The molecule has 0 bridgehead atoms. The van der Waals surface area contributed by atoms with E-state index in [1.54, 1.807) is 10.6 Å². The highest BCUT2D eigenvalue weighted by atomic mass is 35.5. The first-order chi connectivity index (χ1) is 17.0. The van der Waals surface area contributed by atoms with Crippen LogP contribution >= 0.6 is 11.6 Å². The Kier molecular flexibility index (Phi) is 9.65. The van der Waals surface area contributed by atoms with E-state index in [-0.39, 0.29) is 24.1 Å². The molecule has 198 valence electrons. The Morgan fingerprint density at radius 2 is 1.81 bits per heavy atom. The van der Waals surface area contributed by atoms with Crippen molar-refractivity contribution >= 4 is 23.2 Å². The van der Waals surface area contributed by atoms with Crippen molar-refractivity contribution in [3.8, 4) is 0 Å². The highest BCUT2D eigenvalue weighted by Crippen LogP contribution is 2.32. The zero-order valence-electron chi connectivity index (χ0n) is 23.0. The summed E-state index contributed by atoms with van der Waals surface area (Å²) in [7, 11) is 4.32. The summed E-state index contributed by atoms with van der Waals surface area (Å²) < 4.78 is 1.79. The SMILES string of the molecule is CCCn1c(C)cc(C)c(CNC(=O)c2cc(Cl)cc(NC(C)[C@H]3CC[C@H](N(C)C)CC3)c2C)c1=O. The van der Waals surface area contributed by atoms with E-state index in [4.69, 9.17) is 11.6 Å². The number of hydrogen-bond donors (Lipinski definition) is 2. The van der Waals surface area contributed by atoms with E-state index < -0.39 is 0 Å². The van der Waals surface area contributed by atoms with Gasteiger partial charge in [-0.05, 0) is 109 Å². The molecule has 2 aromatic rings. The van der Waals surface area contributed by atoms with Gasteiger partial charge < -0.3 is 20.1 Å². The Hall–Kier alpha value is -2.31. The number of pyridine rings is 1. The lowest BCUT2D eigenvalue weighted by atomic mass is 9.81. The number of halogens is 1. The van der Waals surface area contributed by atoms with Crippen molar-refractivity contribution in [3.63, 3.8) is 0 Å². The van der Waals surface area contributed by atoms with Gasteiger partial charge in [0, 0.05) is 52.7 Å². The van der Waals surface area contributed by atoms with E-state index in [9.17, 15) is 9.59 Å². The summed E-state index contributed by atoms with van der Waals surface area (Å²) >= 11 is 6.45.